The summed E-state index contributed by atoms with van der Waals surface area (Å²) in [6.07, 6.45) is 1.95. The lowest BCUT2D eigenvalue weighted by atomic mass is 9.98. The van der Waals surface area contributed by atoms with E-state index in [9.17, 15) is 9.18 Å². The number of hydrogen-bond donors (Lipinski definition) is 1. The first kappa shape index (κ1) is 16.6. The van der Waals surface area contributed by atoms with Crippen LogP contribution in [0.15, 0.2) is 24.3 Å². The zero-order valence-electron chi connectivity index (χ0n) is 14.3. The first-order chi connectivity index (χ1) is 11.4. The van der Waals surface area contributed by atoms with E-state index in [1.54, 1.807) is 12.1 Å². The van der Waals surface area contributed by atoms with Crippen LogP contribution in [0.3, 0.4) is 0 Å². The molecule has 6 heteroatoms. The summed E-state index contributed by atoms with van der Waals surface area (Å²) in [7, 11) is 1.93. The van der Waals surface area contributed by atoms with Gasteiger partial charge in [-0.25, -0.2) is 4.39 Å². The van der Waals surface area contributed by atoms with Crippen LogP contribution in [-0.2, 0) is 11.8 Å². The third-order valence-electron chi connectivity index (χ3n) is 4.98. The summed E-state index contributed by atoms with van der Waals surface area (Å²) in [4.78, 5) is 14.3. The predicted octanol–water partition coefficient (Wildman–Crippen LogP) is 2.54. The fourth-order valence-corrected chi connectivity index (χ4v) is 3.84. The highest BCUT2D eigenvalue weighted by Gasteiger charge is 2.37. The molecular formula is C18H23FN4O. The van der Waals surface area contributed by atoms with Gasteiger partial charge in [-0.1, -0.05) is 12.1 Å². The maximum Gasteiger partial charge on any atom is 0.239 e. The molecule has 5 nitrogen and oxygen atoms in total. The van der Waals surface area contributed by atoms with Gasteiger partial charge in [0.15, 0.2) is 0 Å². The zero-order valence-corrected chi connectivity index (χ0v) is 14.3. The summed E-state index contributed by atoms with van der Waals surface area (Å²) >= 11 is 0. The lowest BCUT2D eigenvalue weighted by Crippen LogP contribution is -2.37. The Morgan fingerprint density at radius 2 is 2.00 bits per heavy atom. The van der Waals surface area contributed by atoms with Gasteiger partial charge in [0, 0.05) is 24.3 Å². The van der Waals surface area contributed by atoms with E-state index < -0.39 is 11.9 Å². The Hall–Kier alpha value is -2.21. The average Bonchev–Trinajstić information content (AvgIpc) is 3.06. The number of likely N-dealkylation sites (tertiary alicyclic amines) is 1. The Morgan fingerprint density at radius 1 is 1.33 bits per heavy atom. The van der Waals surface area contributed by atoms with Crippen LogP contribution in [0.4, 0.5) is 4.39 Å². The highest BCUT2D eigenvalue weighted by molar-refractivity contribution is 5.81. The monoisotopic (exact) mass is 330 g/mol. The minimum atomic E-state index is -0.558. The van der Waals surface area contributed by atoms with Gasteiger partial charge < -0.3 is 5.73 Å². The van der Waals surface area contributed by atoms with Crippen LogP contribution >= 0.6 is 0 Å². The first-order valence-electron chi connectivity index (χ1n) is 8.20. The molecule has 1 aliphatic rings. The summed E-state index contributed by atoms with van der Waals surface area (Å²) in [5, 5.41) is 4.50. The Morgan fingerprint density at radius 3 is 2.54 bits per heavy atom. The highest BCUT2D eigenvalue weighted by atomic mass is 19.1. The number of primary amides is 1. The molecule has 1 aliphatic heterocycles. The minimum absolute atomic E-state index is 0.0984. The lowest BCUT2D eigenvalue weighted by Gasteiger charge is -2.31. The fraction of sp³-hybridized carbons (Fsp3) is 0.444. The normalized spacial score (nSPS) is 19.6. The maximum absolute atomic E-state index is 13.2. The van der Waals surface area contributed by atoms with Crippen molar-refractivity contribution < 1.29 is 9.18 Å². The van der Waals surface area contributed by atoms with Crippen molar-refractivity contribution >= 4 is 5.91 Å². The fourth-order valence-electron chi connectivity index (χ4n) is 3.84. The van der Waals surface area contributed by atoms with Crippen LogP contribution in [0.1, 0.15) is 47.4 Å². The molecule has 0 radical (unpaired) electrons. The minimum Gasteiger partial charge on any atom is -0.368 e. The van der Waals surface area contributed by atoms with E-state index in [0.29, 0.717) is 0 Å². The van der Waals surface area contributed by atoms with Crippen LogP contribution in [-0.4, -0.2) is 27.1 Å². The summed E-state index contributed by atoms with van der Waals surface area (Å²) in [6, 6.07) is 5.57. The molecule has 1 saturated heterocycles. The number of carbonyl (C=O) groups is 1. The number of carbonyl (C=O) groups excluding carboxylic acids is 1. The van der Waals surface area contributed by atoms with Gasteiger partial charge in [0.05, 0.1) is 5.69 Å². The van der Waals surface area contributed by atoms with Gasteiger partial charge >= 0.3 is 0 Å². The van der Waals surface area contributed by atoms with Crippen molar-refractivity contribution in [1.29, 1.82) is 0 Å². The van der Waals surface area contributed by atoms with E-state index in [0.717, 1.165) is 36.3 Å². The predicted molar refractivity (Wildman–Crippen MR) is 89.7 cm³/mol. The molecule has 0 aliphatic carbocycles. The van der Waals surface area contributed by atoms with Gasteiger partial charge in [0.25, 0.3) is 0 Å². The van der Waals surface area contributed by atoms with Crippen molar-refractivity contribution in [3.63, 3.8) is 0 Å². The number of aryl methyl sites for hydroxylation is 2. The summed E-state index contributed by atoms with van der Waals surface area (Å²) in [5.74, 6) is -0.730. The smallest absolute Gasteiger partial charge is 0.239 e. The molecule has 0 bridgehead atoms. The molecule has 3 rings (SSSR count). The Labute approximate surface area is 141 Å². The van der Waals surface area contributed by atoms with Gasteiger partial charge in [-0.15, -0.1) is 0 Å². The van der Waals surface area contributed by atoms with Crippen LogP contribution in [0.5, 0.6) is 0 Å². The van der Waals surface area contributed by atoms with Crippen LogP contribution in [0.2, 0.25) is 0 Å². The second-order valence-corrected chi connectivity index (χ2v) is 6.46. The summed E-state index contributed by atoms with van der Waals surface area (Å²) in [6.45, 7) is 4.82. The first-order valence-corrected chi connectivity index (χ1v) is 8.20. The van der Waals surface area contributed by atoms with E-state index in [-0.39, 0.29) is 11.9 Å². The molecule has 0 saturated carbocycles. The standard InChI is InChI=1S/C18H23FN4O/c1-11-16(12(2)22(3)21-11)15-5-4-10-23(15)17(18(20)24)13-6-8-14(19)9-7-13/h6-9,15,17H,4-5,10H2,1-3H3,(H2,20,24)/t15-,17+/m1/s1. The molecule has 0 spiro atoms. The van der Waals surface area contributed by atoms with Gasteiger partial charge in [-0.2, -0.15) is 5.10 Å². The van der Waals surface area contributed by atoms with Crippen LogP contribution < -0.4 is 5.73 Å². The molecule has 1 fully saturated rings. The number of hydrogen-bond acceptors (Lipinski definition) is 3. The lowest BCUT2D eigenvalue weighted by molar-refractivity contribution is -0.123. The number of nitrogens with zero attached hydrogens (tertiary/aromatic N) is 3. The van der Waals surface area contributed by atoms with Crippen molar-refractivity contribution in [3.05, 3.63) is 52.6 Å². The molecule has 2 N–H and O–H groups in total. The molecule has 2 atom stereocenters. The second kappa shape index (κ2) is 6.36. The van der Waals surface area contributed by atoms with Crippen molar-refractivity contribution in [1.82, 2.24) is 14.7 Å². The molecule has 24 heavy (non-hydrogen) atoms. The number of rotatable bonds is 4. The number of nitrogens with two attached hydrogens (primary N) is 1. The maximum atomic E-state index is 13.2. The molecular weight excluding hydrogens is 307 g/mol. The Bertz CT molecular complexity index is 753. The van der Waals surface area contributed by atoms with Gasteiger partial charge in [0.2, 0.25) is 5.91 Å². The third kappa shape index (κ3) is 2.82. The Kier molecular flexibility index (Phi) is 4.41. The quantitative estimate of drug-likeness (QED) is 0.937. The molecule has 128 valence electrons. The van der Waals surface area contributed by atoms with E-state index in [1.807, 2.05) is 25.6 Å². The number of aromatic nitrogens is 2. The summed E-state index contributed by atoms with van der Waals surface area (Å²) < 4.78 is 15.1. The summed E-state index contributed by atoms with van der Waals surface area (Å²) in [5.41, 5.74) is 9.70. The van der Waals surface area contributed by atoms with E-state index in [4.69, 9.17) is 5.73 Å². The Balaban J connectivity index is 2.01. The highest BCUT2D eigenvalue weighted by Crippen LogP contribution is 2.40. The van der Waals surface area contributed by atoms with Crippen molar-refractivity contribution in [2.45, 2.75) is 38.8 Å². The van der Waals surface area contributed by atoms with Crippen molar-refractivity contribution in [2.75, 3.05) is 6.54 Å². The topological polar surface area (TPSA) is 64.2 Å². The van der Waals surface area contributed by atoms with Crippen molar-refractivity contribution in [2.24, 2.45) is 12.8 Å². The SMILES string of the molecule is Cc1nn(C)c(C)c1[C@H]1CCCN1[C@H](C(N)=O)c1ccc(F)cc1. The largest absolute Gasteiger partial charge is 0.368 e. The average molecular weight is 330 g/mol. The molecule has 2 aromatic rings. The van der Waals surface area contributed by atoms with Crippen molar-refractivity contribution in [3.8, 4) is 0 Å². The van der Waals surface area contributed by atoms with E-state index in [1.165, 1.54) is 17.7 Å². The number of benzene rings is 1. The van der Waals surface area contributed by atoms with Crippen LogP contribution in [0.25, 0.3) is 0 Å². The van der Waals surface area contributed by atoms with Gasteiger partial charge in [0.1, 0.15) is 11.9 Å². The molecule has 1 amide bonds. The van der Waals surface area contributed by atoms with E-state index in [2.05, 4.69) is 10.00 Å². The van der Waals surface area contributed by atoms with Gasteiger partial charge in [-0.05, 0) is 50.9 Å². The van der Waals surface area contributed by atoms with Gasteiger partial charge in [-0.3, -0.25) is 14.4 Å². The van der Waals surface area contributed by atoms with E-state index >= 15 is 0 Å². The molecule has 1 aromatic heterocycles. The second-order valence-electron chi connectivity index (χ2n) is 6.46. The van der Waals surface area contributed by atoms with Crippen LogP contribution in [0, 0.1) is 19.7 Å². The molecule has 0 unspecified atom stereocenters. The number of halogens is 1. The molecule has 1 aromatic carbocycles. The third-order valence-corrected chi connectivity index (χ3v) is 4.98. The zero-order chi connectivity index (χ0) is 17.4. The number of amides is 1. The molecule has 2 heterocycles.